The van der Waals surface area contributed by atoms with Gasteiger partial charge in [0.2, 0.25) is 10.0 Å². The zero-order valence-electron chi connectivity index (χ0n) is 18.3. The number of carbonyl (C=O) groups excluding carboxylic acids is 1. The van der Waals surface area contributed by atoms with E-state index in [1.165, 1.54) is 36.6 Å². The van der Waals surface area contributed by atoms with Crippen LogP contribution in [0.4, 0.5) is 5.13 Å². The number of nitrogens with one attached hydrogen (secondary N) is 2. The molecule has 0 bridgehead atoms. The minimum atomic E-state index is -3.83. The maximum absolute atomic E-state index is 13.0. The van der Waals surface area contributed by atoms with E-state index in [1.54, 1.807) is 7.11 Å². The van der Waals surface area contributed by atoms with Crippen molar-refractivity contribution < 1.29 is 22.7 Å². The summed E-state index contributed by atoms with van der Waals surface area (Å²) in [7, 11) is -0.825. The first kappa shape index (κ1) is 23.2. The molecule has 1 aliphatic carbocycles. The highest BCUT2D eigenvalue weighted by atomic mass is 32.2. The molecule has 3 aromatic rings. The molecule has 2 N–H and O–H groups in total. The Morgan fingerprint density at radius 3 is 2.45 bits per heavy atom. The number of methoxy groups -OCH3 is 2. The molecule has 1 fully saturated rings. The molecule has 0 aliphatic heterocycles. The van der Waals surface area contributed by atoms with Crippen LogP contribution in [0.5, 0.6) is 11.5 Å². The molecule has 8 nitrogen and oxygen atoms in total. The Bertz CT molecular complexity index is 1230. The van der Waals surface area contributed by atoms with E-state index in [1.807, 2.05) is 29.6 Å². The summed E-state index contributed by atoms with van der Waals surface area (Å²) in [4.78, 5) is 17.3. The van der Waals surface area contributed by atoms with Gasteiger partial charge in [-0.25, -0.2) is 18.1 Å². The standard InChI is InChI=1S/C23H25N3O5S2/c1-30-18-10-7-15(8-11-18)19-14-32-23(24-19)25-22(27)16-9-12-20(31-2)21(13-16)33(28,29)26-17-5-3-4-6-17/h7-14,17,26H,3-6H2,1-2H3,(H,24,25,27). The van der Waals surface area contributed by atoms with Gasteiger partial charge in [0.25, 0.3) is 5.91 Å². The van der Waals surface area contributed by atoms with Crippen molar-refractivity contribution in [1.29, 1.82) is 0 Å². The van der Waals surface area contributed by atoms with Gasteiger partial charge in [-0.15, -0.1) is 11.3 Å². The number of hydrogen-bond acceptors (Lipinski definition) is 7. The van der Waals surface area contributed by atoms with Crippen molar-refractivity contribution in [1.82, 2.24) is 9.71 Å². The molecule has 1 aromatic heterocycles. The Kier molecular flexibility index (Phi) is 6.96. The summed E-state index contributed by atoms with van der Waals surface area (Å²) in [6.45, 7) is 0. The van der Waals surface area contributed by atoms with Crippen LogP contribution in [0, 0.1) is 0 Å². The fraction of sp³-hybridized carbons (Fsp3) is 0.304. The molecule has 33 heavy (non-hydrogen) atoms. The van der Waals surface area contributed by atoms with Gasteiger partial charge >= 0.3 is 0 Å². The molecule has 0 saturated heterocycles. The number of benzene rings is 2. The number of carbonyl (C=O) groups is 1. The van der Waals surface area contributed by atoms with Crippen molar-refractivity contribution in [2.75, 3.05) is 19.5 Å². The number of hydrogen-bond donors (Lipinski definition) is 2. The largest absolute Gasteiger partial charge is 0.497 e. The monoisotopic (exact) mass is 487 g/mol. The highest BCUT2D eigenvalue weighted by Gasteiger charge is 2.26. The van der Waals surface area contributed by atoms with E-state index in [4.69, 9.17) is 9.47 Å². The molecule has 10 heteroatoms. The van der Waals surface area contributed by atoms with Crippen molar-refractivity contribution in [2.45, 2.75) is 36.6 Å². The van der Waals surface area contributed by atoms with Gasteiger partial charge in [-0.05, 0) is 55.3 Å². The van der Waals surface area contributed by atoms with Crippen LogP contribution in [-0.2, 0) is 10.0 Å². The molecule has 1 aliphatic rings. The van der Waals surface area contributed by atoms with E-state index in [0.717, 1.165) is 42.7 Å². The molecule has 1 saturated carbocycles. The third-order valence-corrected chi connectivity index (χ3v) is 7.80. The summed E-state index contributed by atoms with van der Waals surface area (Å²) in [5.74, 6) is 0.480. The lowest BCUT2D eigenvalue weighted by Crippen LogP contribution is -2.33. The van der Waals surface area contributed by atoms with Crippen LogP contribution in [0.25, 0.3) is 11.3 Å². The van der Waals surface area contributed by atoms with E-state index < -0.39 is 15.9 Å². The zero-order chi connectivity index (χ0) is 23.4. The van der Waals surface area contributed by atoms with Crippen molar-refractivity contribution in [3.8, 4) is 22.8 Å². The van der Waals surface area contributed by atoms with Crippen LogP contribution in [0.2, 0.25) is 0 Å². The highest BCUT2D eigenvalue weighted by molar-refractivity contribution is 7.89. The van der Waals surface area contributed by atoms with Crippen LogP contribution in [-0.4, -0.2) is 39.6 Å². The fourth-order valence-electron chi connectivity index (χ4n) is 3.75. The summed E-state index contributed by atoms with van der Waals surface area (Å²) in [6, 6.07) is 11.7. The number of rotatable bonds is 8. The Hall–Kier alpha value is -2.95. The summed E-state index contributed by atoms with van der Waals surface area (Å²) in [6.07, 6.45) is 3.61. The maximum atomic E-state index is 13.0. The zero-order valence-corrected chi connectivity index (χ0v) is 20.0. The molecular weight excluding hydrogens is 462 g/mol. The van der Waals surface area contributed by atoms with Gasteiger partial charge in [0, 0.05) is 22.5 Å². The van der Waals surface area contributed by atoms with Gasteiger partial charge in [-0.1, -0.05) is 12.8 Å². The van der Waals surface area contributed by atoms with Gasteiger partial charge < -0.3 is 9.47 Å². The van der Waals surface area contributed by atoms with Crippen LogP contribution in [0.15, 0.2) is 52.7 Å². The van der Waals surface area contributed by atoms with Crippen molar-refractivity contribution in [3.63, 3.8) is 0 Å². The van der Waals surface area contributed by atoms with Gasteiger partial charge in [-0.3, -0.25) is 10.1 Å². The Balaban J connectivity index is 1.52. The number of aromatic nitrogens is 1. The average Bonchev–Trinajstić information content (AvgIpc) is 3.50. The topological polar surface area (TPSA) is 107 Å². The first-order valence-electron chi connectivity index (χ1n) is 10.5. The van der Waals surface area contributed by atoms with Crippen LogP contribution < -0.4 is 19.5 Å². The minimum Gasteiger partial charge on any atom is -0.497 e. The summed E-state index contributed by atoms with van der Waals surface area (Å²) < 4.78 is 39.1. The van der Waals surface area contributed by atoms with Gasteiger partial charge in [0.15, 0.2) is 5.13 Å². The minimum absolute atomic E-state index is 0.0531. The predicted molar refractivity (Wildman–Crippen MR) is 128 cm³/mol. The van der Waals surface area contributed by atoms with E-state index in [0.29, 0.717) is 5.13 Å². The average molecular weight is 488 g/mol. The summed E-state index contributed by atoms with van der Waals surface area (Å²) >= 11 is 1.29. The lowest BCUT2D eigenvalue weighted by molar-refractivity contribution is 0.102. The molecule has 0 radical (unpaired) electrons. The van der Waals surface area contributed by atoms with Crippen LogP contribution in [0.1, 0.15) is 36.0 Å². The molecule has 2 aromatic carbocycles. The second-order valence-corrected chi connectivity index (χ2v) is 10.2. The lowest BCUT2D eigenvalue weighted by atomic mass is 10.2. The number of anilines is 1. The van der Waals surface area contributed by atoms with E-state index in [-0.39, 0.29) is 22.3 Å². The smallest absolute Gasteiger partial charge is 0.257 e. The van der Waals surface area contributed by atoms with E-state index >= 15 is 0 Å². The molecule has 1 amide bonds. The number of amides is 1. The van der Waals surface area contributed by atoms with Crippen molar-refractivity contribution in [3.05, 3.63) is 53.4 Å². The first-order chi connectivity index (χ1) is 15.9. The molecule has 174 valence electrons. The second-order valence-electron chi connectivity index (χ2n) is 7.69. The third kappa shape index (κ3) is 5.35. The first-order valence-corrected chi connectivity index (χ1v) is 12.9. The van der Waals surface area contributed by atoms with Gasteiger partial charge in [-0.2, -0.15) is 0 Å². The third-order valence-electron chi connectivity index (χ3n) is 5.50. The van der Waals surface area contributed by atoms with E-state index in [2.05, 4.69) is 15.0 Å². The number of sulfonamides is 1. The predicted octanol–water partition coefficient (Wildman–Crippen LogP) is 4.30. The summed E-state index contributed by atoms with van der Waals surface area (Å²) in [5.41, 5.74) is 1.81. The second kappa shape index (κ2) is 9.90. The quantitative estimate of drug-likeness (QED) is 0.491. The molecule has 0 unspecified atom stereocenters. The molecule has 1 heterocycles. The highest BCUT2D eigenvalue weighted by Crippen LogP contribution is 2.29. The molecule has 4 rings (SSSR count). The van der Waals surface area contributed by atoms with Gasteiger partial charge in [0.1, 0.15) is 16.4 Å². The molecule has 0 spiro atoms. The SMILES string of the molecule is COc1ccc(-c2csc(NC(=O)c3ccc(OC)c(S(=O)(=O)NC4CCCC4)c3)n2)cc1. The fourth-order valence-corrected chi connectivity index (χ4v) is 5.96. The maximum Gasteiger partial charge on any atom is 0.257 e. The number of nitrogens with zero attached hydrogens (tertiary/aromatic N) is 1. The Labute approximate surface area is 197 Å². The Morgan fingerprint density at radius 1 is 1.06 bits per heavy atom. The van der Waals surface area contributed by atoms with E-state index in [9.17, 15) is 13.2 Å². The molecular formula is C23H25N3O5S2. The summed E-state index contributed by atoms with van der Waals surface area (Å²) in [5, 5.41) is 5.00. The number of thiazole rings is 1. The normalized spacial score (nSPS) is 14.2. The molecule has 0 atom stereocenters. The van der Waals surface area contributed by atoms with Crippen molar-refractivity contribution >= 4 is 32.4 Å². The lowest BCUT2D eigenvalue weighted by Gasteiger charge is -2.15. The van der Waals surface area contributed by atoms with Crippen LogP contribution in [0.3, 0.4) is 0 Å². The number of ether oxygens (including phenoxy) is 2. The van der Waals surface area contributed by atoms with Crippen molar-refractivity contribution in [2.24, 2.45) is 0 Å². The van der Waals surface area contributed by atoms with Gasteiger partial charge in [0.05, 0.1) is 19.9 Å². The van der Waals surface area contributed by atoms with Crippen LogP contribution >= 0.6 is 11.3 Å². The Morgan fingerprint density at radius 2 is 1.79 bits per heavy atom.